The van der Waals surface area contributed by atoms with Crippen molar-refractivity contribution in [2.45, 2.75) is 38.5 Å². The summed E-state index contributed by atoms with van der Waals surface area (Å²) in [5, 5.41) is 0. The molecule has 1 aliphatic rings. The van der Waals surface area contributed by atoms with Crippen LogP contribution in [0.4, 0.5) is 13.2 Å². The van der Waals surface area contributed by atoms with Gasteiger partial charge in [0.25, 0.3) is 0 Å². The minimum Gasteiger partial charge on any atom is -0.216 e. The number of halogens is 3. The quantitative estimate of drug-likeness (QED) is 0.705. The van der Waals surface area contributed by atoms with Gasteiger partial charge in [-0.3, -0.25) is 0 Å². The Morgan fingerprint density at radius 1 is 1.05 bits per heavy atom. The third kappa shape index (κ3) is 4.12. The van der Waals surface area contributed by atoms with Crippen LogP contribution < -0.4 is 0 Å². The number of benzene rings is 1. The highest BCUT2D eigenvalue weighted by Crippen LogP contribution is 2.32. The summed E-state index contributed by atoms with van der Waals surface area (Å²) in [5.41, 5.74) is 0.852. The molecule has 0 aliphatic heterocycles. The first-order valence-corrected chi connectivity index (χ1v) is 6.90. The summed E-state index contributed by atoms with van der Waals surface area (Å²) in [6.07, 6.45) is 8.32. The van der Waals surface area contributed by atoms with Crippen LogP contribution in [0.3, 0.4) is 0 Å². The van der Waals surface area contributed by atoms with Crippen molar-refractivity contribution in [3.05, 3.63) is 47.8 Å². The zero-order chi connectivity index (χ0) is 13.7. The van der Waals surface area contributed by atoms with Gasteiger partial charge in [0.1, 0.15) is 0 Å². The summed E-state index contributed by atoms with van der Waals surface area (Å²) >= 11 is 0. The van der Waals surface area contributed by atoms with Crippen molar-refractivity contribution >= 4 is 0 Å². The maximum atomic E-state index is 13.1. The second-order valence-corrected chi connectivity index (χ2v) is 5.39. The molecule has 1 aromatic rings. The molecule has 1 aromatic carbocycles. The summed E-state index contributed by atoms with van der Waals surface area (Å²) in [6, 6.07) is 4.12. The monoisotopic (exact) mass is 268 g/mol. The zero-order valence-electron chi connectivity index (χ0n) is 10.9. The van der Waals surface area contributed by atoms with E-state index in [0.29, 0.717) is 18.2 Å². The number of rotatable bonds is 4. The van der Waals surface area contributed by atoms with Crippen LogP contribution in [-0.4, -0.2) is 0 Å². The average Bonchev–Trinajstić information content (AvgIpc) is 2.42. The van der Waals surface area contributed by atoms with Gasteiger partial charge < -0.3 is 0 Å². The van der Waals surface area contributed by atoms with E-state index in [4.69, 9.17) is 0 Å². The second kappa shape index (κ2) is 6.78. The van der Waals surface area contributed by atoms with Crippen LogP contribution in [0.15, 0.2) is 30.6 Å². The Hall–Kier alpha value is -1.25. The predicted octanol–water partition coefficient (Wildman–Crippen LogP) is 5.19. The van der Waals surface area contributed by atoms with E-state index in [1.165, 1.54) is 12.1 Å². The topological polar surface area (TPSA) is 0 Å². The summed E-state index contributed by atoms with van der Waals surface area (Å²) in [5.74, 6) is -0.557. The van der Waals surface area contributed by atoms with Crippen molar-refractivity contribution in [2.24, 2.45) is 11.8 Å². The van der Waals surface area contributed by atoms with E-state index >= 15 is 0 Å². The molecule has 0 bridgehead atoms. The molecule has 0 saturated heterocycles. The maximum Gasteiger partial charge on any atom is 0.159 e. The Bertz CT molecular complexity index is 432. The first kappa shape index (κ1) is 14.2. The molecule has 104 valence electrons. The van der Waals surface area contributed by atoms with Gasteiger partial charge in [0.2, 0.25) is 0 Å². The van der Waals surface area contributed by atoms with Gasteiger partial charge in [0.15, 0.2) is 11.6 Å². The molecule has 1 saturated carbocycles. The molecule has 0 aromatic heterocycles. The standard InChI is InChI=1S/C16H19F3/c17-10-9-13-3-1-12(2-4-13)5-6-14-7-8-15(18)16(19)11-14/h7-13H,1-6H2/b10-9+. The van der Waals surface area contributed by atoms with Gasteiger partial charge in [-0.05, 0) is 68.1 Å². The van der Waals surface area contributed by atoms with Crippen LogP contribution in [0.25, 0.3) is 0 Å². The first-order valence-electron chi connectivity index (χ1n) is 6.90. The molecule has 0 nitrogen and oxygen atoms in total. The normalized spacial score (nSPS) is 23.9. The van der Waals surface area contributed by atoms with Crippen molar-refractivity contribution in [3.8, 4) is 0 Å². The van der Waals surface area contributed by atoms with Gasteiger partial charge >= 0.3 is 0 Å². The molecule has 0 radical (unpaired) electrons. The Kier molecular flexibility index (Phi) is 5.06. The van der Waals surface area contributed by atoms with Gasteiger partial charge in [-0.15, -0.1) is 0 Å². The molecule has 19 heavy (non-hydrogen) atoms. The van der Waals surface area contributed by atoms with Crippen molar-refractivity contribution in [2.75, 3.05) is 0 Å². The van der Waals surface area contributed by atoms with Crippen molar-refractivity contribution in [1.82, 2.24) is 0 Å². The fraction of sp³-hybridized carbons (Fsp3) is 0.500. The Morgan fingerprint density at radius 2 is 1.79 bits per heavy atom. The molecule has 0 amide bonds. The van der Waals surface area contributed by atoms with E-state index in [1.807, 2.05) is 0 Å². The highest BCUT2D eigenvalue weighted by atomic mass is 19.2. The molecule has 1 aliphatic carbocycles. The lowest BCUT2D eigenvalue weighted by Gasteiger charge is -2.26. The van der Waals surface area contributed by atoms with E-state index in [-0.39, 0.29) is 0 Å². The number of hydrogen-bond donors (Lipinski definition) is 0. The lowest BCUT2D eigenvalue weighted by molar-refractivity contribution is 0.295. The van der Waals surface area contributed by atoms with Crippen molar-refractivity contribution < 1.29 is 13.2 Å². The molecular formula is C16H19F3. The molecule has 1 fully saturated rings. The zero-order valence-corrected chi connectivity index (χ0v) is 10.9. The summed E-state index contributed by atoms with van der Waals surface area (Å²) in [4.78, 5) is 0. The molecular weight excluding hydrogens is 249 g/mol. The number of hydrogen-bond acceptors (Lipinski definition) is 0. The van der Waals surface area contributed by atoms with Crippen LogP contribution in [0.2, 0.25) is 0 Å². The summed E-state index contributed by atoms with van der Waals surface area (Å²) < 4.78 is 37.9. The van der Waals surface area contributed by atoms with Gasteiger partial charge in [-0.25, -0.2) is 13.2 Å². The fourth-order valence-electron chi connectivity index (χ4n) is 2.84. The van der Waals surface area contributed by atoms with E-state index in [2.05, 4.69) is 0 Å². The Labute approximate surface area is 112 Å². The van der Waals surface area contributed by atoms with E-state index in [1.54, 1.807) is 12.1 Å². The summed E-state index contributed by atoms with van der Waals surface area (Å²) in [7, 11) is 0. The highest BCUT2D eigenvalue weighted by molar-refractivity contribution is 5.17. The largest absolute Gasteiger partial charge is 0.216 e. The first-order chi connectivity index (χ1) is 9.19. The molecule has 2 rings (SSSR count). The van der Waals surface area contributed by atoms with E-state index in [0.717, 1.165) is 44.1 Å². The van der Waals surface area contributed by atoms with Gasteiger partial charge in [0.05, 0.1) is 6.33 Å². The predicted molar refractivity (Wildman–Crippen MR) is 70.4 cm³/mol. The van der Waals surface area contributed by atoms with Crippen molar-refractivity contribution in [3.63, 3.8) is 0 Å². The lowest BCUT2D eigenvalue weighted by Crippen LogP contribution is -2.13. The Balaban J connectivity index is 1.78. The smallest absolute Gasteiger partial charge is 0.159 e. The van der Waals surface area contributed by atoms with E-state index in [9.17, 15) is 13.2 Å². The van der Waals surface area contributed by atoms with Crippen molar-refractivity contribution in [1.29, 1.82) is 0 Å². The van der Waals surface area contributed by atoms with Crippen LogP contribution in [0.5, 0.6) is 0 Å². The van der Waals surface area contributed by atoms with Crippen LogP contribution >= 0.6 is 0 Å². The van der Waals surface area contributed by atoms with Crippen LogP contribution in [0, 0.1) is 23.5 Å². The van der Waals surface area contributed by atoms with Gasteiger partial charge in [-0.2, -0.15) is 0 Å². The Morgan fingerprint density at radius 3 is 2.42 bits per heavy atom. The van der Waals surface area contributed by atoms with Gasteiger partial charge in [0, 0.05) is 0 Å². The third-order valence-electron chi connectivity index (χ3n) is 4.06. The third-order valence-corrected chi connectivity index (χ3v) is 4.06. The SMILES string of the molecule is F/C=C/C1CCC(CCc2ccc(F)c(F)c2)CC1. The molecule has 3 heteroatoms. The molecule has 0 heterocycles. The molecule has 0 unspecified atom stereocenters. The number of aryl methyl sites for hydroxylation is 1. The summed E-state index contributed by atoms with van der Waals surface area (Å²) in [6.45, 7) is 0. The van der Waals surface area contributed by atoms with Gasteiger partial charge in [-0.1, -0.05) is 12.1 Å². The number of allylic oxidation sites excluding steroid dienone is 1. The second-order valence-electron chi connectivity index (χ2n) is 5.39. The highest BCUT2D eigenvalue weighted by Gasteiger charge is 2.19. The lowest BCUT2D eigenvalue weighted by atomic mass is 9.79. The van der Waals surface area contributed by atoms with Crippen LogP contribution in [0.1, 0.15) is 37.7 Å². The van der Waals surface area contributed by atoms with Crippen LogP contribution in [-0.2, 0) is 6.42 Å². The fourth-order valence-corrected chi connectivity index (χ4v) is 2.84. The van der Waals surface area contributed by atoms with E-state index < -0.39 is 11.6 Å². The molecule has 0 N–H and O–H groups in total. The average molecular weight is 268 g/mol. The maximum absolute atomic E-state index is 13.1. The minimum absolute atomic E-state index is 0.379. The minimum atomic E-state index is -0.790. The molecule has 0 spiro atoms. The molecule has 0 atom stereocenters.